The lowest BCUT2D eigenvalue weighted by Gasteiger charge is -2.35. The van der Waals surface area contributed by atoms with Crippen molar-refractivity contribution in [3.8, 4) is 5.75 Å². The molecule has 3 N–H and O–H groups in total. The van der Waals surface area contributed by atoms with Crippen LogP contribution in [0.3, 0.4) is 0 Å². The summed E-state index contributed by atoms with van der Waals surface area (Å²) in [6.45, 7) is 13.3. The molecule has 0 saturated carbocycles. The van der Waals surface area contributed by atoms with Crippen LogP contribution in [-0.2, 0) is 15.4 Å². The molecule has 3 heterocycles. The van der Waals surface area contributed by atoms with Gasteiger partial charge in [0.05, 0.1) is 18.4 Å². The number of amides is 1. The number of methoxy groups -OCH3 is 1. The lowest BCUT2D eigenvalue weighted by atomic mass is 9.87. The molecule has 3 aromatic rings. The van der Waals surface area contributed by atoms with E-state index in [1.807, 2.05) is 36.4 Å². The molecule has 1 saturated heterocycles. The van der Waals surface area contributed by atoms with E-state index in [-0.39, 0.29) is 27.4 Å². The quantitative estimate of drug-likeness (QED) is 0.388. The number of nitrogens with one attached hydrogen (secondary N) is 1. The van der Waals surface area contributed by atoms with E-state index in [1.54, 1.807) is 13.2 Å². The van der Waals surface area contributed by atoms with Crippen molar-refractivity contribution < 1.29 is 17.9 Å². The maximum atomic E-state index is 13.8. The summed E-state index contributed by atoms with van der Waals surface area (Å²) in [6, 6.07) is 13.6. The van der Waals surface area contributed by atoms with Gasteiger partial charge in [-0.15, -0.1) is 0 Å². The van der Waals surface area contributed by atoms with Gasteiger partial charge in [-0.2, -0.15) is 8.42 Å². The van der Waals surface area contributed by atoms with Gasteiger partial charge in [0.25, 0.3) is 15.9 Å². The van der Waals surface area contributed by atoms with E-state index >= 15 is 0 Å². The zero-order valence-corrected chi connectivity index (χ0v) is 25.5. The Bertz CT molecular complexity index is 1570. The summed E-state index contributed by atoms with van der Waals surface area (Å²) in [5.41, 5.74) is 7.67. The fourth-order valence-electron chi connectivity index (χ4n) is 5.29. The summed E-state index contributed by atoms with van der Waals surface area (Å²) < 4.78 is 33.8. The van der Waals surface area contributed by atoms with Gasteiger partial charge in [-0.1, -0.05) is 58.0 Å². The van der Waals surface area contributed by atoms with Crippen molar-refractivity contribution in [3.05, 3.63) is 70.9 Å². The van der Waals surface area contributed by atoms with E-state index < -0.39 is 15.9 Å². The third-order valence-corrected chi connectivity index (χ3v) is 8.37. The molecule has 10 heteroatoms. The van der Waals surface area contributed by atoms with Gasteiger partial charge >= 0.3 is 0 Å². The molecular formula is C31H39N5O4S. The lowest BCUT2D eigenvalue weighted by molar-refractivity contribution is 0.0981. The molecule has 0 aliphatic carbocycles. The highest BCUT2D eigenvalue weighted by Crippen LogP contribution is 2.39. The summed E-state index contributed by atoms with van der Waals surface area (Å²) in [7, 11) is -2.67. The maximum Gasteiger partial charge on any atom is 0.281 e. The highest BCUT2D eigenvalue weighted by molar-refractivity contribution is 7.90. The lowest BCUT2D eigenvalue weighted by Crippen LogP contribution is -2.41. The van der Waals surface area contributed by atoms with Crippen LogP contribution >= 0.6 is 0 Å². The van der Waals surface area contributed by atoms with Crippen LogP contribution in [0.5, 0.6) is 5.75 Å². The van der Waals surface area contributed by atoms with Crippen LogP contribution < -0.4 is 20.1 Å². The zero-order chi connectivity index (χ0) is 30.2. The number of ether oxygens (including phenoxy) is 1. The summed E-state index contributed by atoms with van der Waals surface area (Å²) in [4.78, 5) is 24.9. The molecule has 0 spiro atoms. The van der Waals surface area contributed by atoms with Gasteiger partial charge in [0.15, 0.2) is 5.03 Å². The molecule has 1 amide bonds. The minimum Gasteiger partial charge on any atom is -0.497 e. The number of nitrogen functional groups attached to an aromatic ring is 1. The number of sulfonamides is 1. The normalized spacial score (nSPS) is 17.1. The molecule has 1 aliphatic rings. The van der Waals surface area contributed by atoms with Gasteiger partial charge in [0.1, 0.15) is 17.4 Å². The average Bonchev–Trinajstić information content (AvgIpc) is 3.17. The van der Waals surface area contributed by atoms with Crippen molar-refractivity contribution in [1.82, 2.24) is 14.7 Å². The number of nitrogens with two attached hydrogens (primary N) is 1. The number of hydrogen-bond acceptors (Lipinski definition) is 8. The molecule has 1 atom stereocenters. The van der Waals surface area contributed by atoms with Gasteiger partial charge in [0, 0.05) is 17.5 Å². The molecule has 41 heavy (non-hydrogen) atoms. The molecular weight excluding hydrogens is 538 g/mol. The minimum absolute atomic E-state index is 0.0379. The van der Waals surface area contributed by atoms with Crippen LogP contribution in [0.2, 0.25) is 0 Å². The van der Waals surface area contributed by atoms with E-state index in [2.05, 4.69) is 56.1 Å². The van der Waals surface area contributed by atoms with Crippen molar-refractivity contribution in [1.29, 1.82) is 0 Å². The van der Waals surface area contributed by atoms with Crippen LogP contribution in [0, 0.1) is 5.92 Å². The van der Waals surface area contributed by atoms with Crippen molar-refractivity contribution in [2.75, 3.05) is 24.3 Å². The van der Waals surface area contributed by atoms with Crippen molar-refractivity contribution in [3.63, 3.8) is 0 Å². The standard InChI is InChI=1S/C31H39N5O4S/c1-20-18-31(5,6)36(19-20)28-24(29(37)35-41(38,39)26-10-8-9-25(32)33-26)17-22(27(34-28)30(2,3)4)14-11-21-12-15-23(40-7)16-13-21/h8-17,20H,18-19H2,1-7H3,(H2,32,33)(H,35,37)/b14-11+/t20-/m0/s1. The molecule has 0 bridgehead atoms. The molecule has 0 radical (unpaired) electrons. The topological polar surface area (TPSA) is 128 Å². The Labute approximate surface area is 242 Å². The molecule has 1 fully saturated rings. The van der Waals surface area contributed by atoms with Crippen molar-refractivity contribution in [2.45, 2.75) is 63.9 Å². The Kier molecular flexibility index (Phi) is 8.18. The fourth-order valence-corrected chi connectivity index (χ4v) is 6.23. The average molecular weight is 578 g/mol. The second kappa shape index (κ2) is 11.2. The Hall–Kier alpha value is -3.92. The SMILES string of the molecule is COc1ccc(/C=C/c2cc(C(=O)NS(=O)(=O)c3cccc(N)n3)c(N3C[C@@H](C)CC3(C)C)nc2C(C)(C)C)cc1. The maximum absolute atomic E-state index is 13.8. The van der Waals surface area contributed by atoms with Gasteiger partial charge in [-0.3, -0.25) is 4.79 Å². The highest BCUT2D eigenvalue weighted by Gasteiger charge is 2.40. The van der Waals surface area contributed by atoms with Crippen LogP contribution in [0.25, 0.3) is 12.2 Å². The number of benzene rings is 1. The minimum atomic E-state index is -4.29. The Morgan fingerprint density at radius 1 is 1.12 bits per heavy atom. The van der Waals surface area contributed by atoms with E-state index in [1.165, 1.54) is 18.2 Å². The predicted octanol–water partition coefficient (Wildman–Crippen LogP) is 5.28. The zero-order valence-electron chi connectivity index (χ0n) is 24.7. The third-order valence-electron chi connectivity index (χ3n) is 7.13. The van der Waals surface area contributed by atoms with Crippen LogP contribution in [0.15, 0.2) is 53.6 Å². The third kappa shape index (κ3) is 6.70. The first-order valence-corrected chi connectivity index (χ1v) is 15.0. The van der Waals surface area contributed by atoms with E-state index in [0.29, 0.717) is 23.8 Å². The highest BCUT2D eigenvalue weighted by atomic mass is 32.2. The Morgan fingerprint density at radius 2 is 1.80 bits per heavy atom. The number of anilines is 2. The number of hydrogen-bond donors (Lipinski definition) is 2. The first-order chi connectivity index (χ1) is 19.1. The molecule has 1 aliphatic heterocycles. The van der Waals surface area contributed by atoms with Gasteiger partial charge < -0.3 is 15.4 Å². The van der Waals surface area contributed by atoms with Gasteiger partial charge in [-0.25, -0.2) is 14.7 Å². The summed E-state index contributed by atoms with van der Waals surface area (Å²) in [6.07, 6.45) is 4.75. The molecule has 9 nitrogen and oxygen atoms in total. The smallest absolute Gasteiger partial charge is 0.281 e. The number of nitrogens with zero attached hydrogens (tertiary/aromatic N) is 3. The first-order valence-electron chi connectivity index (χ1n) is 13.6. The van der Waals surface area contributed by atoms with Crippen molar-refractivity contribution >= 4 is 39.7 Å². The number of carbonyl (C=O) groups is 1. The summed E-state index contributed by atoms with van der Waals surface area (Å²) >= 11 is 0. The molecule has 218 valence electrons. The van der Waals surface area contributed by atoms with E-state index in [0.717, 1.165) is 23.4 Å². The second-order valence-electron chi connectivity index (χ2n) is 12.2. The largest absolute Gasteiger partial charge is 0.497 e. The number of carbonyl (C=O) groups excluding carboxylic acids is 1. The summed E-state index contributed by atoms with van der Waals surface area (Å²) in [5, 5.41) is -0.332. The monoisotopic (exact) mass is 577 g/mol. The second-order valence-corrected chi connectivity index (χ2v) is 13.9. The van der Waals surface area contributed by atoms with Crippen LogP contribution in [0.1, 0.15) is 75.1 Å². The molecule has 4 rings (SSSR count). The van der Waals surface area contributed by atoms with E-state index in [4.69, 9.17) is 15.5 Å². The van der Waals surface area contributed by atoms with Crippen LogP contribution in [0.4, 0.5) is 11.6 Å². The Balaban J connectivity index is 1.86. The molecule has 2 aromatic heterocycles. The number of rotatable bonds is 7. The molecule has 1 aromatic carbocycles. The van der Waals surface area contributed by atoms with Gasteiger partial charge in [0.2, 0.25) is 0 Å². The van der Waals surface area contributed by atoms with Gasteiger partial charge in [-0.05, 0) is 67.6 Å². The van der Waals surface area contributed by atoms with Crippen LogP contribution in [-0.4, -0.2) is 43.5 Å². The fraction of sp³-hybridized carbons (Fsp3) is 0.387. The predicted molar refractivity (Wildman–Crippen MR) is 163 cm³/mol. The number of pyridine rings is 2. The first kappa shape index (κ1) is 30.0. The number of aromatic nitrogens is 2. The van der Waals surface area contributed by atoms with E-state index in [9.17, 15) is 13.2 Å². The Morgan fingerprint density at radius 3 is 2.37 bits per heavy atom. The molecule has 0 unspecified atom stereocenters. The summed E-state index contributed by atoms with van der Waals surface area (Å²) in [5.74, 6) is 0.832. The van der Waals surface area contributed by atoms with Crippen molar-refractivity contribution in [2.24, 2.45) is 5.92 Å².